The zero-order chi connectivity index (χ0) is 15.1. The minimum absolute atomic E-state index is 0.446. The highest BCUT2D eigenvalue weighted by molar-refractivity contribution is 9.10. The van der Waals surface area contributed by atoms with Crippen LogP contribution in [0.3, 0.4) is 0 Å². The van der Waals surface area contributed by atoms with Gasteiger partial charge in [-0.1, -0.05) is 44.0 Å². The zero-order valence-corrected chi connectivity index (χ0v) is 14.9. The van der Waals surface area contributed by atoms with Crippen LogP contribution in [0.5, 0.6) is 5.75 Å². The van der Waals surface area contributed by atoms with Crippen LogP contribution >= 0.6 is 31.9 Å². The van der Waals surface area contributed by atoms with E-state index >= 15 is 0 Å². The summed E-state index contributed by atoms with van der Waals surface area (Å²) in [6, 6.07) is 16.3. The molecule has 112 valence electrons. The van der Waals surface area contributed by atoms with E-state index in [0.29, 0.717) is 19.1 Å². The van der Waals surface area contributed by atoms with E-state index in [4.69, 9.17) is 10.5 Å². The lowest BCUT2D eigenvalue weighted by Gasteiger charge is -2.15. The molecule has 0 saturated carbocycles. The highest BCUT2D eigenvalue weighted by Crippen LogP contribution is 2.18. The lowest BCUT2D eigenvalue weighted by molar-refractivity contribution is 0.279. The van der Waals surface area contributed by atoms with Crippen molar-refractivity contribution in [2.24, 2.45) is 11.7 Å². The molecule has 0 aliphatic carbocycles. The quantitative estimate of drug-likeness (QED) is 0.708. The van der Waals surface area contributed by atoms with E-state index in [1.807, 2.05) is 24.3 Å². The van der Waals surface area contributed by atoms with Crippen molar-refractivity contribution in [1.29, 1.82) is 0 Å². The summed E-state index contributed by atoms with van der Waals surface area (Å²) in [4.78, 5) is 0. The maximum atomic E-state index is 5.88. The number of halogens is 2. The zero-order valence-electron chi connectivity index (χ0n) is 11.8. The SMILES string of the molecule is NCC(CCOc1ccc(Br)cc1)Cc1ccc(Br)cc1. The molecule has 0 bridgehead atoms. The van der Waals surface area contributed by atoms with Gasteiger partial charge in [0.05, 0.1) is 6.61 Å². The Labute approximate surface area is 143 Å². The van der Waals surface area contributed by atoms with E-state index in [1.165, 1.54) is 5.56 Å². The van der Waals surface area contributed by atoms with E-state index in [9.17, 15) is 0 Å². The van der Waals surface area contributed by atoms with E-state index in [2.05, 4.69) is 56.1 Å². The number of nitrogens with two attached hydrogens (primary N) is 1. The number of benzene rings is 2. The summed E-state index contributed by atoms with van der Waals surface area (Å²) in [5.41, 5.74) is 7.20. The first-order valence-electron chi connectivity index (χ1n) is 7.00. The first-order chi connectivity index (χ1) is 10.2. The fourth-order valence-electron chi connectivity index (χ4n) is 2.13. The molecule has 2 aromatic carbocycles. The number of hydrogen-bond acceptors (Lipinski definition) is 2. The predicted octanol–water partition coefficient (Wildman–Crippen LogP) is 4.80. The summed E-state index contributed by atoms with van der Waals surface area (Å²) in [5.74, 6) is 1.35. The van der Waals surface area contributed by atoms with Gasteiger partial charge in [0.1, 0.15) is 5.75 Å². The highest BCUT2D eigenvalue weighted by atomic mass is 79.9. The van der Waals surface area contributed by atoms with E-state index in [-0.39, 0.29) is 0 Å². The Kier molecular flexibility index (Phi) is 6.74. The average Bonchev–Trinajstić information content (AvgIpc) is 2.50. The Morgan fingerprint density at radius 1 is 0.905 bits per heavy atom. The van der Waals surface area contributed by atoms with Crippen LogP contribution in [0.2, 0.25) is 0 Å². The maximum absolute atomic E-state index is 5.88. The van der Waals surface area contributed by atoms with Gasteiger partial charge in [0, 0.05) is 8.95 Å². The van der Waals surface area contributed by atoms with Gasteiger partial charge in [-0.3, -0.25) is 0 Å². The molecule has 4 heteroatoms. The van der Waals surface area contributed by atoms with Crippen LogP contribution in [0.1, 0.15) is 12.0 Å². The fraction of sp³-hybridized carbons (Fsp3) is 0.294. The van der Waals surface area contributed by atoms with Crippen molar-refractivity contribution in [3.8, 4) is 5.75 Å². The van der Waals surface area contributed by atoms with Gasteiger partial charge in [0.25, 0.3) is 0 Å². The molecule has 21 heavy (non-hydrogen) atoms. The van der Waals surface area contributed by atoms with Crippen molar-refractivity contribution in [3.63, 3.8) is 0 Å². The van der Waals surface area contributed by atoms with Gasteiger partial charge in [-0.05, 0) is 67.3 Å². The first-order valence-corrected chi connectivity index (χ1v) is 8.59. The number of hydrogen-bond donors (Lipinski definition) is 1. The van der Waals surface area contributed by atoms with Gasteiger partial charge >= 0.3 is 0 Å². The van der Waals surface area contributed by atoms with Crippen LogP contribution in [0, 0.1) is 5.92 Å². The molecule has 1 atom stereocenters. The molecule has 0 amide bonds. The Hall–Kier alpha value is -0.840. The van der Waals surface area contributed by atoms with Crippen LogP contribution in [0.15, 0.2) is 57.5 Å². The van der Waals surface area contributed by atoms with Crippen LogP contribution in [0.4, 0.5) is 0 Å². The summed E-state index contributed by atoms with van der Waals surface area (Å²) >= 11 is 6.87. The van der Waals surface area contributed by atoms with Gasteiger partial charge in [0.15, 0.2) is 0 Å². The molecule has 2 N–H and O–H groups in total. The molecular formula is C17H19Br2NO. The molecule has 1 unspecified atom stereocenters. The van der Waals surface area contributed by atoms with Crippen molar-refractivity contribution in [2.45, 2.75) is 12.8 Å². The van der Waals surface area contributed by atoms with Gasteiger partial charge in [-0.25, -0.2) is 0 Å². The normalized spacial score (nSPS) is 12.1. The van der Waals surface area contributed by atoms with Gasteiger partial charge in [0.2, 0.25) is 0 Å². The third-order valence-corrected chi connectivity index (χ3v) is 4.44. The van der Waals surface area contributed by atoms with Crippen molar-refractivity contribution >= 4 is 31.9 Å². The van der Waals surface area contributed by atoms with E-state index in [1.54, 1.807) is 0 Å². The van der Waals surface area contributed by atoms with Crippen LogP contribution in [-0.2, 0) is 6.42 Å². The fourth-order valence-corrected chi connectivity index (χ4v) is 2.66. The molecule has 0 aliphatic heterocycles. The predicted molar refractivity (Wildman–Crippen MR) is 94.6 cm³/mol. The van der Waals surface area contributed by atoms with Gasteiger partial charge in [-0.15, -0.1) is 0 Å². The Morgan fingerprint density at radius 3 is 2.05 bits per heavy atom. The molecule has 0 aliphatic rings. The monoisotopic (exact) mass is 411 g/mol. The Bertz CT molecular complexity index is 540. The summed E-state index contributed by atoms with van der Waals surface area (Å²) in [7, 11) is 0. The average molecular weight is 413 g/mol. The van der Waals surface area contributed by atoms with Crippen LogP contribution < -0.4 is 10.5 Å². The number of ether oxygens (including phenoxy) is 1. The van der Waals surface area contributed by atoms with Crippen LogP contribution in [-0.4, -0.2) is 13.2 Å². The van der Waals surface area contributed by atoms with Crippen molar-refractivity contribution < 1.29 is 4.74 Å². The third kappa shape index (κ3) is 5.81. The second kappa shape index (κ2) is 8.57. The molecule has 2 rings (SSSR count). The Balaban J connectivity index is 1.79. The molecule has 0 aromatic heterocycles. The third-order valence-electron chi connectivity index (χ3n) is 3.38. The van der Waals surface area contributed by atoms with Crippen molar-refractivity contribution in [3.05, 3.63) is 63.0 Å². The molecule has 0 fully saturated rings. The van der Waals surface area contributed by atoms with Crippen molar-refractivity contribution in [2.75, 3.05) is 13.2 Å². The summed E-state index contributed by atoms with van der Waals surface area (Å²) < 4.78 is 7.93. The van der Waals surface area contributed by atoms with E-state index < -0.39 is 0 Å². The smallest absolute Gasteiger partial charge is 0.119 e. The molecular weight excluding hydrogens is 394 g/mol. The lowest BCUT2D eigenvalue weighted by atomic mass is 9.97. The van der Waals surface area contributed by atoms with Crippen molar-refractivity contribution in [1.82, 2.24) is 0 Å². The minimum atomic E-state index is 0.446. The molecule has 2 nitrogen and oxygen atoms in total. The highest BCUT2D eigenvalue weighted by Gasteiger charge is 2.08. The molecule has 0 heterocycles. The van der Waals surface area contributed by atoms with Gasteiger partial charge in [-0.2, -0.15) is 0 Å². The lowest BCUT2D eigenvalue weighted by Crippen LogP contribution is -2.19. The summed E-state index contributed by atoms with van der Waals surface area (Å²) in [5, 5.41) is 0. The molecule has 2 aromatic rings. The Morgan fingerprint density at radius 2 is 1.48 bits per heavy atom. The topological polar surface area (TPSA) is 35.2 Å². The molecule has 0 radical (unpaired) electrons. The van der Waals surface area contributed by atoms with E-state index in [0.717, 1.165) is 27.5 Å². The largest absolute Gasteiger partial charge is 0.494 e. The standard InChI is InChI=1S/C17H19Br2NO/c18-15-3-1-13(2-4-15)11-14(12-20)9-10-21-17-7-5-16(19)6-8-17/h1-8,14H,9-12,20H2. The molecule has 0 saturated heterocycles. The molecule has 0 spiro atoms. The maximum Gasteiger partial charge on any atom is 0.119 e. The van der Waals surface area contributed by atoms with Crippen LogP contribution in [0.25, 0.3) is 0 Å². The summed E-state index contributed by atoms with van der Waals surface area (Å²) in [6.45, 7) is 1.37. The minimum Gasteiger partial charge on any atom is -0.494 e. The summed E-state index contributed by atoms with van der Waals surface area (Å²) in [6.07, 6.45) is 1.95. The van der Waals surface area contributed by atoms with Gasteiger partial charge < -0.3 is 10.5 Å². The second-order valence-electron chi connectivity index (χ2n) is 5.02. The number of rotatable bonds is 7. The second-order valence-corrected chi connectivity index (χ2v) is 6.85. The first kappa shape index (κ1) is 16.5.